The van der Waals surface area contributed by atoms with Crippen molar-refractivity contribution in [2.45, 2.75) is 33.4 Å². The van der Waals surface area contributed by atoms with Gasteiger partial charge in [0.1, 0.15) is 24.7 Å². The molecule has 4 rings (SSSR count). The average Bonchev–Trinajstić information content (AvgIpc) is 3.12. The predicted molar refractivity (Wildman–Crippen MR) is 111 cm³/mol. The predicted octanol–water partition coefficient (Wildman–Crippen LogP) is 3.51. The van der Waals surface area contributed by atoms with Crippen molar-refractivity contribution in [2.24, 2.45) is 0 Å². The molecule has 0 radical (unpaired) electrons. The minimum atomic E-state index is -0.0532. The van der Waals surface area contributed by atoms with Crippen LogP contribution in [0.3, 0.4) is 0 Å². The number of aryl methyl sites for hydroxylation is 1. The molecule has 0 aliphatic carbocycles. The molecule has 0 spiro atoms. The van der Waals surface area contributed by atoms with E-state index >= 15 is 0 Å². The molecular formula is C23H25N3O3. The van der Waals surface area contributed by atoms with Gasteiger partial charge in [0.15, 0.2) is 0 Å². The number of carbonyl (C=O) groups excluding carboxylic acids is 1. The number of rotatable bonds is 7. The molecule has 1 N–H and O–H groups in total. The first-order valence-electron chi connectivity index (χ1n) is 9.91. The Morgan fingerprint density at radius 3 is 2.86 bits per heavy atom. The maximum Gasteiger partial charge on any atom is 0.241 e. The molecule has 6 heteroatoms. The monoisotopic (exact) mass is 391 g/mol. The Morgan fingerprint density at radius 2 is 2.07 bits per heavy atom. The molecule has 0 unspecified atom stereocenters. The highest BCUT2D eigenvalue weighted by molar-refractivity contribution is 5.78. The second kappa shape index (κ2) is 8.39. The number of benzene rings is 2. The maximum absolute atomic E-state index is 12.5. The van der Waals surface area contributed by atoms with Crippen LogP contribution in [-0.4, -0.2) is 28.8 Å². The van der Waals surface area contributed by atoms with Gasteiger partial charge in [-0.25, -0.2) is 0 Å². The summed E-state index contributed by atoms with van der Waals surface area (Å²) < 4.78 is 13.0. The lowest BCUT2D eigenvalue weighted by atomic mass is 10.0. The van der Waals surface area contributed by atoms with Crippen molar-refractivity contribution in [1.82, 2.24) is 15.1 Å². The summed E-state index contributed by atoms with van der Waals surface area (Å²) in [4.78, 5) is 12.5. The van der Waals surface area contributed by atoms with Crippen LogP contribution in [0.5, 0.6) is 11.5 Å². The highest BCUT2D eigenvalue weighted by Crippen LogP contribution is 2.37. The fourth-order valence-electron chi connectivity index (χ4n) is 3.53. The van der Waals surface area contributed by atoms with Crippen LogP contribution in [0.1, 0.15) is 23.6 Å². The summed E-state index contributed by atoms with van der Waals surface area (Å²) in [6, 6.07) is 14.0. The Bertz CT molecular complexity index is 1010. The molecule has 2 aromatic carbocycles. The van der Waals surface area contributed by atoms with E-state index in [1.165, 1.54) is 0 Å². The first-order chi connectivity index (χ1) is 14.1. The Kier molecular flexibility index (Phi) is 5.51. The second-order valence-electron chi connectivity index (χ2n) is 7.14. The van der Waals surface area contributed by atoms with E-state index < -0.39 is 0 Å². The van der Waals surface area contributed by atoms with Gasteiger partial charge in [0.2, 0.25) is 5.91 Å². The van der Waals surface area contributed by atoms with Gasteiger partial charge in [-0.2, -0.15) is 5.10 Å². The van der Waals surface area contributed by atoms with E-state index in [0.29, 0.717) is 19.8 Å². The van der Waals surface area contributed by atoms with E-state index in [-0.39, 0.29) is 12.5 Å². The maximum atomic E-state index is 12.5. The lowest BCUT2D eigenvalue weighted by Gasteiger charge is -2.19. The number of nitrogens with zero attached hydrogens (tertiary/aromatic N) is 2. The molecule has 1 aliphatic rings. The number of nitrogens with one attached hydrogen (secondary N) is 1. The summed E-state index contributed by atoms with van der Waals surface area (Å²) in [5, 5.41) is 7.41. The van der Waals surface area contributed by atoms with Gasteiger partial charge in [0.25, 0.3) is 0 Å². The lowest BCUT2D eigenvalue weighted by Crippen LogP contribution is -2.30. The van der Waals surface area contributed by atoms with E-state index in [2.05, 4.69) is 16.5 Å². The highest BCUT2D eigenvalue weighted by atomic mass is 16.5. The van der Waals surface area contributed by atoms with Crippen LogP contribution < -0.4 is 14.8 Å². The molecular weight excluding hydrogens is 366 g/mol. The lowest BCUT2D eigenvalue weighted by molar-refractivity contribution is -0.121. The standard InChI is InChI=1S/C23H25N3O3/c1-3-28-19-7-5-17(6-8-19)10-11-24-22(27)14-26-23-18(13-25-26)15-29-21-9-4-16(2)12-20(21)23/h4-9,12-13H,3,10-11,14-15H2,1-2H3,(H,24,27). The summed E-state index contributed by atoms with van der Waals surface area (Å²) >= 11 is 0. The fourth-order valence-corrected chi connectivity index (χ4v) is 3.53. The number of aromatic nitrogens is 2. The zero-order chi connectivity index (χ0) is 20.2. The molecule has 0 fully saturated rings. The number of amides is 1. The molecule has 6 nitrogen and oxygen atoms in total. The zero-order valence-electron chi connectivity index (χ0n) is 16.8. The zero-order valence-corrected chi connectivity index (χ0v) is 16.8. The van der Waals surface area contributed by atoms with Crippen molar-refractivity contribution in [2.75, 3.05) is 13.2 Å². The summed E-state index contributed by atoms with van der Waals surface area (Å²) in [5.41, 5.74) is 5.27. The minimum Gasteiger partial charge on any atom is -0.494 e. The Morgan fingerprint density at radius 1 is 1.24 bits per heavy atom. The highest BCUT2D eigenvalue weighted by Gasteiger charge is 2.23. The van der Waals surface area contributed by atoms with Gasteiger partial charge in [0.05, 0.1) is 18.5 Å². The van der Waals surface area contributed by atoms with E-state index in [4.69, 9.17) is 9.47 Å². The third-order valence-electron chi connectivity index (χ3n) is 4.95. The van der Waals surface area contributed by atoms with Gasteiger partial charge in [-0.15, -0.1) is 0 Å². The molecule has 0 atom stereocenters. The molecule has 2 heterocycles. The van der Waals surface area contributed by atoms with Crippen molar-refractivity contribution < 1.29 is 14.3 Å². The van der Waals surface area contributed by atoms with Crippen molar-refractivity contribution in [3.05, 3.63) is 65.4 Å². The van der Waals surface area contributed by atoms with Gasteiger partial charge in [-0.3, -0.25) is 9.48 Å². The molecule has 0 saturated heterocycles. The van der Waals surface area contributed by atoms with Gasteiger partial charge < -0.3 is 14.8 Å². The smallest absolute Gasteiger partial charge is 0.241 e. The number of carbonyl (C=O) groups is 1. The van der Waals surface area contributed by atoms with Crippen LogP contribution in [0.25, 0.3) is 11.3 Å². The first kappa shape index (κ1) is 19.1. The van der Waals surface area contributed by atoms with Crippen LogP contribution in [-0.2, 0) is 24.4 Å². The SMILES string of the molecule is CCOc1ccc(CCNC(=O)Cn2ncc3c2-c2cc(C)ccc2OC3)cc1. The van der Waals surface area contributed by atoms with Crippen LogP contribution in [0.2, 0.25) is 0 Å². The molecule has 0 bridgehead atoms. The average molecular weight is 391 g/mol. The number of ether oxygens (including phenoxy) is 2. The molecule has 1 aliphatic heterocycles. The molecule has 0 saturated carbocycles. The Balaban J connectivity index is 1.37. The molecule has 1 amide bonds. The van der Waals surface area contributed by atoms with Gasteiger partial charge in [-0.05, 0) is 50.1 Å². The van der Waals surface area contributed by atoms with Crippen LogP contribution >= 0.6 is 0 Å². The van der Waals surface area contributed by atoms with Gasteiger partial charge in [-0.1, -0.05) is 23.8 Å². The van der Waals surface area contributed by atoms with Crippen molar-refractivity contribution in [3.63, 3.8) is 0 Å². The topological polar surface area (TPSA) is 65.4 Å². The third-order valence-corrected chi connectivity index (χ3v) is 4.95. The van der Waals surface area contributed by atoms with Crippen LogP contribution in [0, 0.1) is 6.92 Å². The van der Waals surface area contributed by atoms with Gasteiger partial charge in [0, 0.05) is 17.7 Å². The van der Waals surface area contributed by atoms with Crippen LogP contribution in [0.4, 0.5) is 0 Å². The summed E-state index contributed by atoms with van der Waals surface area (Å²) in [7, 11) is 0. The fraction of sp³-hybridized carbons (Fsp3) is 0.304. The van der Waals surface area contributed by atoms with E-state index in [0.717, 1.165) is 45.9 Å². The number of hydrogen-bond donors (Lipinski definition) is 1. The van der Waals surface area contributed by atoms with E-state index in [1.54, 1.807) is 10.9 Å². The summed E-state index contributed by atoms with van der Waals surface area (Å²) in [6.45, 7) is 5.91. The molecule has 1 aromatic heterocycles. The van der Waals surface area contributed by atoms with Crippen molar-refractivity contribution >= 4 is 5.91 Å². The summed E-state index contributed by atoms with van der Waals surface area (Å²) in [6.07, 6.45) is 2.55. The Labute approximate surface area is 170 Å². The van der Waals surface area contributed by atoms with E-state index in [1.807, 2.05) is 50.2 Å². The van der Waals surface area contributed by atoms with Crippen molar-refractivity contribution in [1.29, 1.82) is 0 Å². The van der Waals surface area contributed by atoms with Crippen molar-refractivity contribution in [3.8, 4) is 22.8 Å². The number of fused-ring (bicyclic) bond motifs is 3. The van der Waals surface area contributed by atoms with E-state index in [9.17, 15) is 4.79 Å². The molecule has 150 valence electrons. The normalized spacial score (nSPS) is 11.9. The van der Waals surface area contributed by atoms with Gasteiger partial charge >= 0.3 is 0 Å². The second-order valence-corrected chi connectivity index (χ2v) is 7.14. The molecule has 3 aromatic rings. The Hall–Kier alpha value is -3.28. The quantitative estimate of drug-likeness (QED) is 0.669. The summed E-state index contributed by atoms with van der Waals surface area (Å²) in [5.74, 6) is 1.64. The largest absolute Gasteiger partial charge is 0.494 e. The third kappa shape index (κ3) is 4.26. The molecule has 29 heavy (non-hydrogen) atoms. The number of hydrogen-bond acceptors (Lipinski definition) is 4. The first-order valence-corrected chi connectivity index (χ1v) is 9.91. The van der Waals surface area contributed by atoms with Crippen LogP contribution in [0.15, 0.2) is 48.7 Å². The minimum absolute atomic E-state index is 0.0532.